The number of amides is 1. The minimum absolute atomic E-state index is 0.00574. The van der Waals surface area contributed by atoms with E-state index in [2.05, 4.69) is 29.3 Å². The molecule has 3 aromatic rings. The average Bonchev–Trinajstić information content (AvgIpc) is 3.08. The number of carbonyl (C=O) groups is 1. The van der Waals surface area contributed by atoms with E-state index in [1.807, 2.05) is 12.1 Å². The van der Waals surface area contributed by atoms with Crippen molar-refractivity contribution < 1.29 is 18.7 Å². The van der Waals surface area contributed by atoms with Crippen molar-refractivity contribution in [3.63, 3.8) is 0 Å². The van der Waals surface area contributed by atoms with Crippen LogP contribution in [0.25, 0.3) is 0 Å². The van der Waals surface area contributed by atoms with Gasteiger partial charge in [0.2, 0.25) is 11.2 Å². The highest BCUT2D eigenvalue weighted by atomic mass is 16.5. The zero-order valence-corrected chi connectivity index (χ0v) is 17.5. The molecule has 2 heterocycles. The lowest BCUT2D eigenvalue weighted by molar-refractivity contribution is -0.118. The van der Waals surface area contributed by atoms with Crippen LogP contribution >= 0.6 is 0 Å². The van der Waals surface area contributed by atoms with Crippen LogP contribution in [0.3, 0.4) is 0 Å². The van der Waals surface area contributed by atoms with E-state index in [9.17, 15) is 9.59 Å². The van der Waals surface area contributed by atoms with Gasteiger partial charge in [0, 0.05) is 17.8 Å². The summed E-state index contributed by atoms with van der Waals surface area (Å²) >= 11 is 0. The lowest BCUT2D eigenvalue weighted by Gasteiger charge is -2.24. The molecule has 1 atom stereocenters. The Morgan fingerprint density at radius 1 is 1.16 bits per heavy atom. The van der Waals surface area contributed by atoms with Crippen LogP contribution < -0.4 is 25.1 Å². The first-order valence-electron chi connectivity index (χ1n) is 10.1. The Hall–Kier alpha value is -3.74. The minimum Gasteiger partial charge on any atom is -0.495 e. The molecule has 1 amide bonds. The number of anilines is 2. The zero-order chi connectivity index (χ0) is 21.8. The third-order valence-electron chi connectivity index (χ3n) is 5.27. The van der Waals surface area contributed by atoms with Crippen molar-refractivity contribution in [2.45, 2.75) is 25.9 Å². The van der Waals surface area contributed by atoms with Gasteiger partial charge in [0.1, 0.15) is 17.8 Å². The van der Waals surface area contributed by atoms with Gasteiger partial charge in [0.05, 0.1) is 19.3 Å². The van der Waals surface area contributed by atoms with Gasteiger partial charge in [-0.25, -0.2) is 0 Å². The fourth-order valence-corrected chi connectivity index (χ4v) is 3.74. The van der Waals surface area contributed by atoms with Crippen LogP contribution in [0, 0.1) is 0 Å². The second kappa shape index (κ2) is 8.95. The molecule has 1 N–H and O–H groups in total. The topological polar surface area (TPSA) is 81.0 Å². The molecule has 0 saturated heterocycles. The van der Waals surface area contributed by atoms with Crippen molar-refractivity contribution in [2.24, 2.45) is 0 Å². The molecule has 7 nitrogen and oxygen atoms in total. The van der Waals surface area contributed by atoms with Crippen LogP contribution in [0.4, 0.5) is 11.4 Å². The number of methoxy groups -OCH3 is 1. The van der Waals surface area contributed by atoms with E-state index in [1.54, 1.807) is 24.3 Å². The first-order chi connectivity index (χ1) is 15.0. The summed E-state index contributed by atoms with van der Waals surface area (Å²) in [5.74, 6) is 0.668. The maximum absolute atomic E-state index is 12.5. The number of rotatable bonds is 7. The van der Waals surface area contributed by atoms with Gasteiger partial charge in [0.15, 0.2) is 6.61 Å². The predicted octanol–water partition coefficient (Wildman–Crippen LogP) is 3.62. The molecule has 7 heteroatoms. The van der Waals surface area contributed by atoms with Gasteiger partial charge in [-0.1, -0.05) is 30.3 Å². The first kappa shape index (κ1) is 20.5. The first-order valence-corrected chi connectivity index (χ1v) is 10.1. The maximum atomic E-state index is 12.5. The Labute approximate surface area is 180 Å². The third kappa shape index (κ3) is 4.55. The molecule has 2 aromatic carbocycles. The van der Waals surface area contributed by atoms with E-state index >= 15 is 0 Å². The number of nitrogens with zero attached hydrogens (tertiary/aromatic N) is 1. The fourth-order valence-electron chi connectivity index (χ4n) is 3.74. The van der Waals surface area contributed by atoms with Crippen LogP contribution in [0.5, 0.6) is 11.5 Å². The van der Waals surface area contributed by atoms with Crippen LogP contribution in [0.15, 0.2) is 70.1 Å². The van der Waals surface area contributed by atoms with Gasteiger partial charge < -0.3 is 24.1 Å². The molecule has 0 fully saturated rings. The largest absolute Gasteiger partial charge is 0.495 e. The molecule has 31 heavy (non-hydrogen) atoms. The van der Waals surface area contributed by atoms with Crippen LogP contribution in [0.2, 0.25) is 0 Å². The van der Waals surface area contributed by atoms with Crippen molar-refractivity contribution in [2.75, 3.05) is 23.9 Å². The van der Waals surface area contributed by atoms with Gasteiger partial charge in [-0.05, 0) is 37.1 Å². The van der Waals surface area contributed by atoms with E-state index in [0.29, 0.717) is 29.8 Å². The summed E-state index contributed by atoms with van der Waals surface area (Å²) in [6, 6.07) is 17.0. The molecule has 0 spiro atoms. The number of hydrogen-bond acceptors (Lipinski definition) is 6. The summed E-state index contributed by atoms with van der Waals surface area (Å²) in [6.07, 6.45) is 2.23. The summed E-state index contributed by atoms with van der Waals surface area (Å²) in [6.45, 7) is 2.32. The van der Waals surface area contributed by atoms with E-state index in [-0.39, 0.29) is 17.8 Å². The summed E-state index contributed by atoms with van der Waals surface area (Å²) in [5, 5.41) is 2.70. The number of fused-ring (bicyclic) bond motifs is 1. The van der Waals surface area contributed by atoms with Crippen molar-refractivity contribution in [1.29, 1.82) is 0 Å². The normalized spacial score (nSPS) is 14.8. The smallest absolute Gasteiger partial charge is 0.262 e. The second-order valence-electron chi connectivity index (χ2n) is 7.42. The number of nitrogens with one attached hydrogen (secondary N) is 1. The fraction of sp³-hybridized carbons (Fsp3) is 0.250. The summed E-state index contributed by atoms with van der Waals surface area (Å²) in [4.78, 5) is 26.9. The highest BCUT2D eigenvalue weighted by Gasteiger charge is 2.26. The third-order valence-corrected chi connectivity index (χ3v) is 5.27. The molecule has 0 radical (unpaired) electrons. The van der Waals surface area contributed by atoms with Gasteiger partial charge in [0.25, 0.3) is 5.91 Å². The highest BCUT2D eigenvalue weighted by molar-refractivity contribution is 5.93. The van der Waals surface area contributed by atoms with Crippen molar-refractivity contribution in [1.82, 2.24) is 0 Å². The van der Waals surface area contributed by atoms with Crippen LogP contribution in [0.1, 0.15) is 18.2 Å². The lowest BCUT2D eigenvalue weighted by atomic mass is 10.1. The SMILES string of the molecule is COc1ccccc1NC(=O)COc1coc(CN2c3ccccc3CC2C)cc1=O. The standard InChI is InChI=1S/C24H24N2O5/c1-16-11-17-7-3-5-9-20(17)26(16)13-18-12-21(27)23(14-30-18)31-15-24(28)25-19-8-4-6-10-22(19)29-2/h3-10,12,14,16H,11,13,15H2,1-2H3,(H,25,28). The molecule has 0 aliphatic carbocycles. The predicted molar refractivity (Wildman–Crippen MR) is 118 cm³/mol. The molecule has 0 saturated carbocycles. The van der Waals surface area contributed by atoms with Gasteiger partial charge in [-0.2, -0.15) is 0 Å². The Balaban J connectivity index is 1.38. The Morgan fingerprint density at radius 3 is 2.74 bits per heavy atom. The number of para-hydroxylation sites is 3. The summed E-state index contributed by atoms with van der Waals surface area (Å²) in [5.41, 5.74) is 2.65. The molecular formula is C24H24N2O5. The van der Waals surface area contributed by atoms with Gasteiger partial charge in [-0.15, -0.1) is 0 Å². The highest BCUT2D eigenvalue weighted by Crippen LogP contribution is 2.33. The van der Waals surface area contributed by atoms with Crippen molar-refractivity contribution >= 4 is 17.3 Å². The second-order valence-corrected chi connectivity index (χ2v) is 7.42. The summed E-state index contributed by atoms with van der Waals surface area (Å²) in [7, 11) is 1.52. The van der Waals surface area contributed by atoms with E-state index < -0.39 is 5.91 Å². The molecule has 4 rings (SSSR count). The maximum Gasteiger partial charge on any atom is 0.262 e. The molecule has 1 aliphatic rings. The summed E-state index contributed by atoms with van der Waals surface area (Å²) < 4.78 is 16.2. The van der Waals surface area contributed by atoms with E-state index in [1.165, 1.54) is 25.0 Å². The van der Waals surface area contributed by atoms with Crippen molar-refractivity contribution in [3.8, 4) is 11.5 Å². The average molecular weight is 420 g/mol. The van der Waals surface area contributed by atoms with E-state index in [4.69, 9.17) is 13.9 Å². The molecule has 0 bridgehead atoms. The van der Waals surface area contributed by atoms with Gasteiger partial charge in [-0.3, -0.25) is 9.59 Å². The van der Waals surface area contributed by atoms with Crippen LogP contribution in [-0.4, -0.2) is 25.7 Å². The quantitative estimate of drug-likeness (QED) is 0.629. The van der Waals surface area contributed by atoms with Gasteiger partial charge >= 0.3 is 0 Å². The number of benzene rings is 2. The number of ether oxygens (including phenoxy) is 2. The molecule has 1 unspecified atom stereocenters. The van der Waals surface area contributed by atoms with Crippen LogP contribution in [-0.2, 0) is 17.8 Å². The number of hydrogen-bond donors (Lipinski definition) is 1. The zero-order valence-electron chi connectivity index (χ0n) is 17.5. The van der Waals surface area contributed by atoms with E-state index in [0.717, 1.165) is 12.1 Å². The molecule has 160 valence electrons. The molecular weight excluding hydrogens is 396 g/mol. The molecule has 1 aliphatic heterocycles. The lowest BCUT2D eigenvalue weighted by Crippen LogP contribution is -2.29. The molecule has 1 aromatic heterocycles. The Kier molecular flexibility index (Phi) is 5.93. The minimum atomic E-state index is -0.407. The number of carbonyl (C=O) groups excluding carboxylic acids is 1. The Bertz CT molecular complexity index is 1140. The monoisotopic (exact) mass is 420 g/mol. The van der Waals surface area contributed by atoms with Crippen molar-refractivity contribution in [3.05, 3.63) is 82.4 Å². The Morgan fingerprint density at radius 2 is 1.94 bits per heavy atom.